The van der Waals surface area contributed by atoms with Crippen molar-refractivity contribution in [2.45, 2.75) is 58.7 Å². The molecule has 0 fully saturated rings. The van der Waals surface area contributed by atoms with Crippen LogP contribution in [-0.2, 0) is 19.5 Å². The summed E-state index contributed by atoms with van der Waals surface area (Å²) in [5, 5.41) is 13.8. The Balaban J connectivity index is 1.46. The number of rotatable bonds is 6. The van der Waals surface area contributed by atoms with Gasteiger partial charge in [-0.25, -0.2) is 9.97 Å². The molecule has 0 saturated carbocycles. The number of aromatic nitrogens is 4. The highest BCUT2D eigenvalue weighted by atomic mass is 16.3. The minimum Gasteiger partial charge on any atom is -0.389 e. The van der Waals surface area contributed by atoms with Crippen LogP contribution in [-0.4, -0.2) is 41.5 Å². The van der Waals surface area contributed by atoms with Crippen molar-refractivity contribution in [2.75, 3.05) is 11.1 Å². The summed E-state index contributed by atoms with van der Waals surface area (Å²) in [6.45, 7) is 5.96. The van der Waals surface area contributed by atoms with Gasteiger partial charge in [0.2, 0.25) is 0 Å². The average molecular weight is 515 g/mol. The van der Waals surface area contributed by atoms with Gasteiger partial charge in [0, 0.05) is 41.7 Å². The standard InChI is InChI=1S/C28H30N6O4/c1-4-34-21-6-5-7-22(35)18(21)12-19(27(34)37)26(36)32-17-10-8-16(9-11-17)20-13-33(14-28(2,3)38)25-23(20)24(29)30-15-31-25/h8-13,15,38H,4-7,14H2,1-3H3,(H,32,36)(H2,29,30,31). The quantitative estimate of drug-likeness (QED) is 0.357. The van der Waals surface area contributed by atoms with E-state index < -0.39 is 17.1 Å². The lowest BCUT2D eigenvalue weighted by Crippen LogP contribution is -2.34. The van der Waals surface area contributed by atoms with Gasteiger partial charge < -0.3 is 25.3 Å². The van der Waals surface area contributed by atoms with Gasteiger partial charge in [-0.3, -0.25) is 14.4 Å². The molecule has 4 aromatic rings. The van der Waals surface area contributed by atoms with Crippen LogP contribution in [0.3, 0.4) is 0 Å². The molecule has 196 valence electrons. The maximum atomic E-state index is 13.1. The van der Waals surface area contributed by atoms with Crippen molar-refractivity contribution >= 4 is 34.2 Å². The number of benzene rings is 1. The lowest BCUT2D eigenvalue weighted by molar-refractivity contribution is 0.0627. The zero-order valence-corrected chi connectivity index (χ0v) is 21.6. The second-order valence-corrected chi connectivity index (χ2v) is 10.2. The van der Waals surface area contributed by atoms with Gasteiger partial charge in [0.25, 0.3) is 11.5 Å². The fraction of sp³-hybridized carbons (Fsp3) is 0.321. The van der Waals surface area contributed by atoms with E-state index in [4.69, 9.17) is 5.73 Å². The maximum Gasteiger partial charge on any atom is 0.263 e. The second-order valence-electron chi connectivity index (χ2n) is 10.2. The summed E-state index contributed by atoms with van der Waals surface area (Å²) in [7, 11) is 0. The molecule has 0 atom stereocenters. The number of anilines is 2. The van der Waals surface area contributed by atoms with E-state index in [0.29, 0.717) is 66.1 Å². The highest BCUT2D eigenvalue weighted by Gasteiger charge is 2.25. The summed E-state index contributed by atoms with van der Waals surface area (Å²) in [5.41, 5.74) is 8.66. The van der Waals surface area contributed by atoms with Gasteiger partial charge >= 0.3 is 0 Å². The Labute approximate surface area is 219 Å². The van der Waals surface area contributed by atoms with Crippen LogP contribution < -0.4 is 16.6 Å². The number of fused-ring (bicyclic) bond motifs is 2. The van der Waals surface area contributed by atoms with Crippen molar-refractivity contribution in [3.05, 3.63) is 70.0 Å². The van der Waals surface area contributed by atoms with Crippen LogP contribution in [0.4, 0.5) is 11.5 Å². The van der Waals surface area contributed by atoms with Gasteiger partial charge in [-0.2, -0.15) is 0 Å². The molecular weight excluding hydrogens is 484 g/mol. The first kappa shape index (κ1) is 25.3. The fourth-order valence-electron chi connectivity index (χ4n) is 5.10. The zero-order chi connectivity index (χ0) is 27.2. The van der Waals surface area contributed by atoms with E-state index in [2.05, 4.69) is 15.3 Å². The van der Waals surface area contributed by atoms with Crippen molar-refractivity contribution < 1.29 is 14.7 Å². The largest absolute Gasteiger partial charge is 0.389 e. The van der Waals surface area contributed by atoms with Crippen molar-refractivity contribution in [3.8, 4) is 11.1 Å². The number of amides is 1. The van der Waals surface area contributed by atoms with Crippen LogP contribution in [0, 0.1) is 0 Å². The molecule has 0 bridgehead atoms. The number of carbonyl (C=O) groups excluding carboxylic acids is 2. The predicted molar refractivity (Wildman–Crippen MR) is 145 cm³/mol. The van der Waals surface area contributed by atoms with Gasteiger partial charge in [-0.05, 0) is 57.4 Å². The Bertz CT molecular complexity index is 1630. The normalized spacial score (nSPS) is 13.5. The fourth-order valence-corrected chi connectivity index (χ4v) is 5.10. The van der Waals surface area contributed by atoms with E-state index in [1.165, 1.54) is 17.0 Å². The topological polar surface area (TPSA) is 145 Å². The van der Waals surface area contributed by atoms with Crippen LogP contribution in [0.2, 0.25) is 0 Å². The molecule has 3 heterocycles. The third-order valence-corrected chi connectivity index (χ3v) is 6.77. The van der Waals surface area contributed by atoms with Crippen LogP contribution in [0.25, 0.3) is 22.2 Å². The van der Waals surface area contributed by atoms with Crippen LogP contribution in [0.1, 0.15) is 60.0 Å². The summed E-state index contributed by atoms with van der Waals surface area (Å²) in [6.07, 6.45) is 5.03. The lowest BCUT2D eigenvalue weighted by Gasteiger charge is -2.20. The number of carbonyl (C=O) groups is 2. The van der Waals surface area contributed by atoms with Gasteiger partial charge in [-0.1, -0.05) is 12.1 Å². The third kappa shape index (κ3) is 4.58. The molecule has 1 aromatic carbocycles. The number of hydrogen-bond acceptors (Lipinski definition) is 7. The Morgan fingerprint density at radius 2 is 1.87 bits per heavy atom. The van der Waals surface area contributed by atoms with E-state index in [9.17, 15) is 19.5 Å². The number of hydrogen-bond donors (Lipinski definition) is 3. The summed E-state index contributed by atoms with van der Waals surface area (Å²) in [5.74, 6) is -0.282. The molecule has 0 aliphatic heterocycles. The van der Waals surface area contributed by atoms with E-state index in [0.717, 1.165) is 11.1 Å². The first-order valence-electron chi connectivity index (χ1n) is 12.6. The molecule has 38 heavy (non-hydrogen) atoms. The van der Waals surface area contributed by atoms with Gasteiger partial charge in [-0.15, -0.1) is 0 Å². The zero-order valence-electron chi connectivity index (χ0n) is 21.6. The molecule has 10 nitrogen and oxygen atoms in total. The number of aliphatic hydroxyl groups is 1. The number of nitrogens with zero attached hydrogens (tertiary/aromatic N) is 4. The molecule has 5 rings (SSSR count). The van der Waals surface area contributed by atoms with Crippen molar-refractivity contribution in [3.63, 3.8) is 0 Å². The third-order valence-electron chi connectivity index (χ3n) is 6.77. The van der Waals surface area contributed by atoms with E-state index >= 15 is 0 Å². The van der Waals surface area contributed by atoms with Gasteiger partial charge in [0.15, 0.2) is 5.78 Å². The molecule has 0 radical (unpaired) electrons. The molecule has 0 unspecified atom stereocenters. The monoisotopic (exact) mass is 514 g/mol. The van der Waals surface area contributed by atoms with Crippen molar-refractivity contribution in [1.82, 2.24) is 19.1 Å². The number of nitrogens with two attached hydrogens (primary N) is 1. The minimum absolute atomic E-state index is 0.0427. The number of nitrogens with one attached hydrogen (secondary N) is 1. The smallest absolute Gasteiger partial charge is 0.263 e. The molecule has 10 heteroatoms. The van der Waals surface area contributed by atoms with Crippen LogP contribution in [0.5, 0.6) is 0 Å². The number of ketones is 1. The first-order chi connectivity index (χ1) is 18.1. The predicted octanol–water partition coefficient (Wildman–Crippen LogP) is 3.40. The Morgan fingerprint density at radius 1 is 1.13 bits per heavy atom. The Morgan fingerprint density at radius 3 is 2.55 bits per heavy atom. The van der Waals surface area contributed by atoms with Crippen LogP contribution in [0.15, 0.2) is 47.7 Å². The minimum atomic E-state index is -0.964. The summed E-state index contributed by atoms with van der Waals surface area (Å²) >= 11 is 0. The molecule has 4 N–H and O–H groups in total. The molecule has 0 spiro atoms. The van der Waals surface area contributed by atoms with Gasteiger partial charge in [0.05, 0.1) is 17.5 Å². The Hall–Kier alpha value is -4.31. The summed E-state index contributed by atoms with van der Waals surface area (Å²) in [4.78, 5) is 47.1. The molecule has 1 aliphatic carbocycles. The average Bonchev–Trinajstić information content (AvgIpc) is 3.22. The summed E-state index contributed by atoms with van der Waals surface area (Å²) in [6, 6.07) is 8.55. The van der Waals surface area contributed by atoms with Crippen molar-refractivity contribution in [2.24, 2.45) is 0 Å². The SMILES string of the molecule is CCn1c2c(cc(C(=O)Nc3ccc(-c4cn(CC(C)(C)O)c5ncnc(N)c45)cc3)c1=O)C(=O)CCC2. The highest BCUT2D eigenvalue weighted by Crippen LogP contribution is 2.34. The highest BCUT2D eigenvalue weighted by molar-refractivity contribution is 6.07. The summed E-state index contributed by atoms with van der Waals surface area (Å²) < 4.78 is 3.37. The molecular formula is C28H30N6O4. The number of pyridine rings is 1. The Kier molecular flexibility index (Phi) is 6.36. The van der Waals surface area contributed by atoms with E-state index in [1.54, 1.807) is 26.0 Å². The van der Waals surface area contributed by atoms with E-state index in [-0.39, 0.29) is 11.3 Å². The molecule has 1 aliphatic rings. The van der Waals surface area contributed by atoms with E-state index in [1.807, 2.05) is 29.8 Å². The van der Waals surface area contributed by atoms with Crippen molar-refractivity contribution in [1.29, 1.82) is 0 Å². The first-order valence-corrected chi connectivity index (χ1v) is 12.6. The lowest BCUT2D eigenvalue weighted by atomic mass is 9.93. The second kappa shape index (κ2) is 9.53. The van der Waals surface area contributed by atoms with Gasteiger partial charge in [0.1, 0.15) is 23.4 Å². The maximum absolute atomic E-state index is 13.1. The molecule has 1 amide bonds. The number of nitrogen functional groups attached to an aromatic ring is 1. The van der Waals surface area contributed by atoms with Crippen LogP contribution >= 0.6 is 0 Å². The molecule has 3 aromatic heterocycles. The molecule has 0 saturated heterocycles. The number of Topliss-reactive ketones (excluding diaryl/α,β-unsaturated/α-hetero) is 1.